The van der Waals surface area contributed by atoms with E-state index in [1.54, 1.807) is 0 Å². The number of rotatable bonds is 7. The standard InChI is InChI=1S/C23H23NO4/c1-27-21(17-10-4-3-5-11-17)22(25)24-20(23(26)28-2)15-18-13-8-12-16-9-6-7-14-19(16)18/h3-14,20-21H,15H2,1-2H3,(H,24,25)/t20-,21-/m1/s1. The highest BCUT2D eigenvalue weighted by Gasteiger charge is 2.27. The van der Waals surface area contributed by atoms with Crippen LogP contribution in [0.2, 0.25) is 0 Å². The number of hydrogen-bond donors (Lipinski definition) is 1. The molecule has 0 saturated carbocycles. The van der Waals surface area contributed by atoms with Gasteiger partial charge in [0.15, 0.2) is 6.10 Å². The van der Waals surface area contributed by atoms with E-state index >= 15 is 0 Å². The molecule has 0 aliphatic heterocycles. The number of hydrogen-bond acceptors (Lipinski definition) is 4. The molecular formula is C23H23NO4. The summed E-state index contributed by atoms with van der Waals surface area (Å²) in [6.07, 6.45) is -0.480. The Bertz CT molecular complexity index is 950. The predicted octanol–water partition coefficient (Wildman–Crippen LogP) is 3.43. The second kappa shape index (κ2) is 9.15. The number of ether oxygens (including phenoxy) is 2. The number of nitrogens with one attached hydrogen (secondary N) is 1. The van der Waals surface area contributed by atoms with Crippen LogP contribution in [-0.4, -0.2) is 32.1 Å². The van der Waals surface area contributed by atoms with Crippen LogP contribution >= 0.6 is 0 Å². The number of amides is 1. The molecule has 2 atom stereocenters. The predicted molar refractivity (Wildman–Crippen MR) is 108 cm³/mol. The summed E-state index contributed by atoms with van der Waals surface area (Å²) in [6, 6.07) is 22.2. The molecule has 1 N–H and O–H groups in total. The molecule has 5 heteroatoms. The van der Waals surface area contributed by atoms with Gasteiger partial charge in [-0.1, -0.05) is 72.8 Å². The molecule has 0 heterocycles. The van der Waals surface area contributed by atoms with Gasteiger partial charge in [-0.05, 0) is 21.9 Å². The fraction of sp³-hybridized carbons (Fsp3) is 0.217. The van der Waals surface area contributed by atoms with Gasteiger partial charge in [-0.25, -0.2) is 4.79 Å². The van der Waals surface area contributed by atoms with Crippen molar-refractivity contribution in [3.63, 3.8) is 0 Å². The van der Waals surface area contributed by atoms with Crippen molar-refractivity contribution < 1.29 is 19.1 Å². The molecule has 3 aromatic rings. The van der Waals surface area contributed by atoms with E-state index in [1.807, 2.05) is 72.8 Å². The minimum Gasteiger partial charge on any atom is -0.467 e. The molecule has 0 aromatic heterocycles. The minimum absolute atomic E-state index is 0.324. The van der Waals surface area contributed by atoms with Crippen LogP contribution in [-0.2, 0) is 25.5 Å². The second-order valence-electron chi connectivity index (χ2n) is 6.45. The highest BCUT2D eigenvalue weighted by atomic mass is 16.5. The largest absolute Gasteiger partial charge is 0.467 e. The highest BCUT2D eigenvalue weighted by Crippen LogP contribution is 2.21. The van der Waals surface area contributed by atoms with E-state index in [0.717, 1.165) is 21.9 Å². The number of carbonyl (C=O) groups excluding carboxylic acids is 2. The summed E-state index contributed by atoms with van der Waals surface area (Å²) in [5.74, 6) is -0.881. The van der Waals surface area contributed by atoms with E-state index in [9.17, 15) is 9.59 Å². The number of carbonyl (C=O) groups is 2. The lowest BCUT2D eigenvalue weighted by Crippen LogP contribution is -2.45. The molecule has 0 radical (unpaired) electrons. The Kier molecular flexibility index (Phi) is 6.40. The van der Waals surface area contributed by atoms with Crippen molar-refractivity contribution in [2.45, 2.75) is 18.6 Å². The monoisotopic (exact) mass is 377 g/mol. The first-order chi connectivity index (χ1) is 13.6. The SMILES string of the molecule is COC(=O)[C@@H](Cc1cccc2ccccc12)NC(=O)[C@H](OC)c1ccccc1. The molecule has 5 nitrogen and oxygen atoms in total. The Labute approximate surface area is 164 Å². The second-order valence-corrected chi connectivity index (χ2v) is 6.45. The number of fused-ring (bicyclic) bond motifs is 1. The van der Waals surface area contributed by atoms with Gasteiger partial charge in [0.05, 0.1) is 7.11 Å². The van der Waals surface area contributed by atoms with Crippen molar-refractivity contribution in [2.24, 2.45) is 0 Å². The van der Waals surface area contributed by atoms with E-state index < -0.39 is 18.1 Å². The maximum Gasteiger partial charge on any atom is 0.328 e. The molecule has 0 unspecified atom stereocenters. The topological polar surface area (TPSA) is 64.6 Å². The Morgan fingerprint density at radius 2 is 1.57 bits per heavy atom. The van der Waals surface area contributed by atoms with E-state index in [-0.39, 0.29) is 5.91 Å². The van der Waals surface area contributed by atoms with Crippen LogP contribution in [0.15, 0.2) is 72.8 Å². The van der Waals surface area contributed by atoms with Gasteiger partial charge in [0.1, 0.15) is 6.04 Å². The van der Waals surface area contributed by atoms with E-state index in [4.69, 9.17) is 9.47 Å². The molecule has 0 fully saturated rings. The first-order valence-electron chi connectivity index (χ1n) is 9.06. The normalized spacial score (nSPS) is 12.9. The lowest BCUT2D eigenvalue weighted by Gasteiger charge is -2.21. The molecule has 144 valence electrons. The Morgan fingerprint density at radius 3 is 2.29 bits per heavy atom. The first-order valence-corrected chi connectivity index (χ1v) is 9.06. The highest BCUT2D eigenvalue weighted by molar-refractivity contribution is 5.89. The molecule has 3 aromatic carbocycles. The van der Waals surface area contributed by atoms with Crippen molar-refractivity contribution in [3.05, 3.63) is 83.9 Å². The Balaban J connectivity index is 1.84. The number of esters is 1. The molecule has 0 aliphatic rings. The molecule has 0 spiro atoms. The van der Waals surface area contributed by atoms with Crippen LogP contribution in [0.1, 0.15) is 17.2 Å². The molecule has 28 heavy (non-hydrogen) atoms. The molecule has 0 bridgehead atoms. The van der Waals surface area contributed by atoms with Crippen molar-refractivity contribution >= 4 is 22.6 Å². The van der Waals surface area contributed by atoms with Crippen LogP contribution < -0.4 is 5.32 Å². The van der Waals surface area contributed by atoms with E-state index in [2.05, 4.69) is 5.32 Å². The van der Waals surface area contributed by atoms with Gasteiger partial charge in [-0.15, -0.1) is 0 Å². The summed E-state index contributed by atoms with van der Waals surface area (Å²) >= 11 is 0. The zero-order chi connectivity index (χ0) is 19.9. The quantitative estimate of drug-likeness (QED) is 0.641. The van der Waals surface area contributed by atoms with Crippen molar-refractivity contribution in [1.82, 2.24) is 5.32 Å². The Morgan fingerprint density at radius 1 is 0.893 bits per heavy atom. The van der Waals surface area contributed by atoms with Crippen LogP contribution in [0.4, 0.5) is 0 Å². The summed E-state index contributed by atoms with van der Waals surface area (Å²) in [4.78, 5) is 25.2. The summed E-state index contributed by atoms with van der Waals surface area (Å²) in [6.45, 7) is 0. The maximum absolute atomic E-state index is 12.8. The third-order valence-electron chi connectivity index (χ3n) is 4.68. The molecule has 0 saturated heterocycles. The van der Waals surface area contributed by atoms with Crippen molar-refractivity contribution in [3.8, 4) is 0 Å². The molecule has 1 amide bonds. The fourth-order valence-corrected chi connectivity index (χ4v) is 3.30. The third kappa shape index (κ3) is 4.38. The molecule has 3 rings (SSSR count). The summed E-state index contributed by atoms with van der Waals surface area (Å²) in [5.41, 5.74) is 1.68. The molecular weight excluding hydrogens is 354 g/mol. The summed E-state index contributed by atoms with van der Waals surface area (Å²) in [7, 11) is 2.78. The van der Waals surface area contributed by atoms with Crippen LogP contribution in [0.3, 0.4) is 0 Å². The van der Waals surface area contributed by atoms with E-state index in [1.165, 1.54) is 14.2 Å². The maximum atomic E-state index is 12.8. The number of methoxy groups -OCH3 is 2. The summed E-state index contributed by atoms with van der Waals surface area (Å²) in [5, 5.41) is 4.91. The van der Waals surface area contributed by atoms with Gasteiger partial charge in [0.25, 0.3) is 5.91 Å². The average Bonchev–Trinajstić information content (AvgIpc) is 2.74. The van der Waals surface area contributed by atoms with Crippen LogP contribution in [0.25, 0.3) is 10.8 Å². The third-order valence-corrected chi connectivity index (χ3v) is 4.68. The van der Waals surface area contributed by atoms with Crippen LogP contribution in [0.5, 0.6) is 0 Å². The smallest absolute Gasteiger partial charge is 0.328 e. The van der Waals surface area contributed by atoms with Gasteiger partial charge < -0.3 is 14.8 Å². The lowest BCUT2D eigenvalue weighted by atomic mass is 9.98. The van der Waals surface area contributed by atoms with Gasteiger partial charge in [0.2, 0.25) is 0 Å². The lowest BCUT2D eigenvalue weighted by molar-refractivity contribution is -0.146. The Hall–Kier alpha value is -3.18. The minimum atomic E-state index is -0.815. The average molecular weight is 377 g/mol. The summed E-state index contributed by atoms with van der Waals surface area (Å²) < 4.78 is 10.3. The fourth-order valence-electron chi connectivity index (χ4n) is 3.30. The van der Waals surface area contributed by atoms with Gasteiger partial charge in [0, 0.05) is 13.5 Å². The number of benzene rings is 3. The van der Waals surface area contributed by atoms with Crippen LogP contribution in [0, 0.1) is 0 Å². The van der Waals surface area contributed by atoms with Gasteiger partial charge in [-0.3, -0.25) is 4.79 Å². The van der Waals surface area contributed by atoms with Crippen molar-refractivity contribution in [1.29, 1.82) is 0 Å². The van der Waals surface area contributed by atoms with Crippen molar-refractivity contribution in [2.75, 3.05) is 14.2 Å². The first kappa shape index (κ1) is 19.6. The van der Waals surface area contributed by atoms with E-state index in [0.29, 0.717) is 6.42 Å². The van der Waals surface area contributed by atoms with Gasteiger partial charge >= 0.3 is 5.97 Å². The zero-order valence-electron chi connectivity index (χ0n) is 15.9. The zero-order valence-corrected chi connectivity index (χ0v) is 15.9. The van der Waals surface area contributed by atoms with Gasteiger partial charge in [-0.2, -0.15) is 0 Å². The molecule has 0 aliphatic carbocycles.